The van der Waals surface area contributed by atoms with E-state index in [1.54, 1.807) is 0 Å². The molecule has 0 fully saturated rings. The Kier molecular flexibility index (Phi) is 3.96. The molecule has 0 saturated heterocycles. The second kappa shape index (κ2) is 6.28. The molecule has 0 spiro atoms. The number of nitrogens with one attached hydrogen (secondary N) is 1. The number of anilines is 2. The summed E-state index contributed by atoms with van der Waals surface area (Å²) in [6.45, 7) is 3.15. The van der Waals surface area contributed by atoms with E-state index in [0.29, 0.717) is 0 Å². The van der Waals surface area contributed by atoms with Crippen molar-refractivity contribution >= 4 is 11.5 Å². The molecule has 1 aliphatic rings. The highest BCUT2D eigenvalue weighted by Gasteiger charge is 2.23. The highest BCUT2D eigenvalue weighted by molar-refractivity contribution is 5.74. The van der Waals surface area contributed by atoms with Crippen molar-refractivity contribution < 1.29 is 0 Å². The van der Waals surface area contributed by atoms with Crippen LogP contribution >= 0.6 is 0 Å². The number of rotatable bonds is 4. The molecule has 1 N–H and O–H groups in total. The van der Waals surface area contributed by atoms with Gasteiger partial charge in [0.1, 0.15) is 5.82 Å². The fraction of sp³-hybridized carbons (Fsp3) is 0.286. The van der Waals surface area contributed by atoms with Crippen LogP contribution in [-0.4, -0.2) is 30.4 Å². The summed E-state index contributed by atoms with van der Waals surface area (Å²) < 4.78 is 2.05. The Morgan fingerprint density at radius 2 is 1.76 bits per heavy atom. The SMILES string of the molecule is CCc1ccc(-n2nc(-c3ccc(N(C)C)cc3)c3c2NCC3)cc1. The largest absolute Gasteiger partial charge is 0.378 e. The molecule has 1 aliphatic heterocycles. The van der Waals surface area contributed by atoms with Gasteiger partial charge in [-0.1, -0.05) is 31.2 Å². The summed E-state index contributed by atoms with van der Waals surface area (Å²) in [5, 5.41) is 8.45. The minimum Gasteiger partial charge on any atom is -0.378 e. The summed E-state index contributed by atoms with van der Waals surface area (Å²) in [5.74, 6) is 1.14. The second-order valence-corrected chi connectivity index (χ2v) is 6.73. The van der Waals surface area contributed by atoms with E-state index in [9.17, 15) is 0 Å². The summed E-state index contributed by atoms with van der Waals surface area (Å²) in [4.78, 5) is 2.11. The van der Waals surface area contributed by atoms with Crippen molar-refractivity contribution in [2.75, 3.05) is 30.9 Å². The number of fused-ring (bicyclic) bond motifs is 1. The first-order valence-corrected chi connectivity index (χ1v) is 8.90. The third-order valence-electron chi connectivity index (χ3n) is 4.90. The van der Waals surface area contributed by atoms with Gasteiger partial charge in [-0.3, -0.25) is 0 Å². The molecule has 128 valence electrons. The molecular weight excluding hydrogens is 308 g/mol. The zero-order chi connectivity index (χ0) is 17.4. The van der Waals surface area contributed by atoms with E-state index in [-0.39, 0.29) is 0 Å². The molecule has 0 amide bonds. The van der Waals surface area contributed by atoms with Crippen LogP contribution in [0.2, 0.25) is 0 Å². The Balaban J connectivity index is 1.77. The minimum atomic E-state index is 0.975. The molecule has 0 unspecified atom stereocenters. The predicted octanol–water partition coefficient (Wildman–Crippen LogP) is 4.14. The van der Waals surface area contributed by atoms with Gasteiger partial charge in [-0.25, -0.2) is 4.68 Å². The highest BCUT2D eigenvalue weighted by Crippen LogP contribution is 2.35. The third kappa shape index (κ3) is 2.78. The number of benzene rings is 2. The second-order valence-electron chi connectivity index (χ2n) is 6.73. The van der Waals surface area contributed by atoms with E-state index in [4.69, 9.17) is 5.10 Å². The molecule has 4 rings (SSSR count). The zero-order valence-corrected chi connectivity index (χ0v) is 15.1. The Hall–Kier alpha value is -2.75. The highest BCUT2D eigenvalue weighted by atomic mass is 15.3. The Morgan fingerprint density at radius 3 is 2.40 bits per heavy atom. The van der Waals surface area contributed by atoms with Gasteiger partial charge in [0, 0.05) is 37.5 Å². The fourth-order valence-electron chi connectivity index (χ4n) is 3.38. The first-order valence-electron chi connectivity index (χ1n) is 8.90. The Bertz CT molecular complexity index is 874. The first-order chi connectivity index (χ1) is 12.2. The monoisotopic (exact) mass is 332 g/mol. The molecule has 0 atom stereocenters. The zero-order valence-electron chi connectivity index (χ0n) is 15.1. The molecule has 3 aromatic rings. The van der Waals surface area contributed by atoms with Crippen LogP contribution in [0.15, 0.2) is 48.5 Å². The van der Waals surface area contributed by atoms with Crippen molar-refractivity contribution in [3.63, 3.8) is 0 Å². The topological polar surface area (TPSA) is 33.1 Å². The van der Waals surface area contributed by atoms with Crippen LogP contribution in [-0.2, 0) is 12.8 Å². The third-order valence-corrected chi connectivity index (χ3v) is 4.90. The maximum atomic E-state index is 4.94. The van der Waals surface area contributed by atoms with Crippen molar-refractivity contribution in [2.24, 2.45) is 0 Å². The van der Waals surface area contributed by atoms with Crippen molar-refractivity contribution in [3.05, 3.63) is 59.7 Å². The molecule has 0 saturated carbocycles. The predicted molar refractivity (Wildman–Crippen MR) is 105 cm³/mol. The maximum Gasteiger partial charge on any atom is 0.133 e. The molecule has 25 heavy (non-hydrogen) atoms. The van der Waals surface area contributed by atoms with Gasteiger partial charge in [0.25, 0.3) is 0 Å². The standard InChI is InChI=1S/C21H24N4/c1-4-15-5-9-18(10-6-15)25-21-19(13-14-22-21)20(23-25)16-7-11-17(12-8-16)24(2)3/h5-12,22H,4,13-14H2,1-3H3. The van der Waals surface area contributed by atoms with Crippen molar-refractivity contribution in [1.29, 1.82) is 0 Å². The van der Waals surface area contributed by atoms with Gasteiger partial charge in [-0.2, -0.15) is 5.10 Å². The van der Waals surface area contributed by atoms with Crippen LogP contribution in [0.3, 0.4) is 0 Å². The number of hydrogen-bond donors (Lipinski definition) is 1. The lowest BCUT2D eigenvalue weighted by Crippen LogP contribution is -2.08. The van der Waals surface area contributed by atoms with Gasteiger partial charge in [-0.15, -0.1) is 0 Å². The van der Waals surface area contributed by atoms with Crippen molar-refractivity contribution in [2.45, 2.75) is 19.8 Å². The Labute approximate surface area is 149 Å². The fourth-order valence-corrected chi connectivity index (χ4v) is 3.38. The van der Waals surface area contributed by atoms with E-state index >= 15 is 0 Å². The Morgan fingerprint density at radius 1 is 1.04 bits per heavy atom. The van der Waals surface area contributed by atoms with Crippen LogP contribution in [0.25, 0.3) is 16.9 Å². The molecule has 2 aromatic carbocycles. The normalized spacial score (nSPS) is 12.8. The number of aryl methyl sites for hydroxylation is 1. The van der Waals surface area contributed by atoms with Crippen LogP contribution in [0.1, 0.15) is 18.1 Å². The van der Waals surface area contributed by atoms with Gasteiger partial charge in [0.15, 0.2) is 0 Å². The van der Waals surface area contributed by atoms with Crippen LogP contribution in [0, 0.1) is 0 Å². The molecule has 2 heterocycles. The van der Waals surface area contributed by atoms with Gasteiger partial charge < -0.3 is 10.2 Å². The average Bonchev–Trinajstić information content (AvgIpc) is 3.24. The molecule has 1 aromatic heterocycles. The summed E-state index contributed by atoms with van der Waals surface area (Å²) in [6, 6.07) is 17.3. The number of nitrogens with zero attached hydrogens (tertiary/aromatic N) is 3. The summed E-state index contributed by atoms with van der Waals surface area (Å²) in [5.41, 5.74) is 7.24. The lowest BCUT2D eigenvalue weighted by atomic mass is 10.1. The average molecular weight is 332 g/mol. The van der Waals surface area contributed by atoms with E-state index in [1.165, 1.54) is 22.4 Å². The maximum absolute atomic E-state index is 4.94. The smallest absolute Gasteiger partial charge is 0.133 e. The number of hydrogen-bond acceptors (Lipinski definition) is 3. The molecule has 4 nitrogen and oxygen atoms in total. The molecular formula is C21H24N4. The van der Waals surface area contributed by atoms with Crippen molar-refractivity contribution in [3.8, 4) is 16.9 Å². The van der Waals surface area contributed by atoms with Gasteiger partial charge in [0.05, 0.1) is 11.4 Å². The molecule has 4 heteroatoms. The lowest BCUT2D eigenvalue weighted by Gasteiger charge is -2.12. The van der Waals surface area contributed by atoms with E-state index in [0.717, 1.165) is 36.6 Å². The van der Waals surface area contributed by atoms with Gasteiger partial charge in [0.2, 0.25) is 0 Å². The molecule has 0 radical (unpaired) electrons. The number of aromatic nitrogens is 2. The van der Waals surface area contributed by atoms with Gasteiger partial charge >= 0.3 is 0 Å². The summed E-state index contributed by atoms with van der Waals surface area (Å²) >= 11 is 0. The van der Waals surface area contributed by atoms with E-state index in [1.807, 2.05) is 0 Å². The lowest BCUT2D eigenvalue weighted by molar-refractivity contribution is 0.881. The first kappa shape index (κ1) is 15.8. The van der Waals surface area contributed by atoms with Crippen molar-refractivity contribution in [1.82, 2.24) is 9.78 Å². The van der Waals surface area contributed by atoms with Crippen LogP contribution < -0.4 is 10.2 Å². The van der Waals surface area contributed by atoms with Gasteiger partial charge in [-0.05, 0) is 42.7 Å². The minimum absolute atomic E-state index is 0.975. The molecule has 0 aliphatic carbocycles. The summed E-state index contributed by atoms with van der Waals surface area (Å²) in [7, 11) is 4.12. The quantitative estimate of drug-likeness (QED) is 0.779. The van der Waals surface area contributed by atoms with Crippen LogP contribution in [0.5, 0.6) is 0 Å². The van der Waals surface area contributed by atoms with E-state index < -0.39 is 0 Å². The molecule has 0 bridgehead atoms. The van der Waals surface area contributed by atoms with Crippen LogP contribution in [0.4, 0.5) is 11.5 Å². The summed E-state index contributed by atoms with van der Waals surface area (Å²) in [6.07, 6.45) is 2.08. The van der Waals surface area contributed by atoms with E-state index in [2.05, 4.69) is 84.4 Å².